The number of rotatable bonds is 12. The van der Waals surface area contributed by atoms with Crippen LogP contribution in [0, 0.1) is 40.8 Å². The third kappa shape index (κ3) is 11.7. The predicted molar refractivity (Wildman–Crippen MR) is 148 cm³/mol. The molecule has 203 valence electrons. The zero-order chi connectivity index (χ0) is 24.2. The van der Waals surface area contributed by atoms with Gasteiger partial charge >= 0.3 is 40.8 Å². The topological polar surface area (TPSA) is 37.6 Å². The second-order valence-electron chi connectivity index (χ2n) is 8.85. The van der Waals surface area contributed by atoms with E-state index in [9.17, 15) is 0 Å². The van der Waals surface area contributed by atoms with E-state index in [-0.39, 0.29) is 78.1 Å². The van der Waals surface area contributed by atoms with Crippen LogP contribution in [0.2, 0.25) is 0 Å². The van der Waals surface area contributed by atoms with Gasteiger partial charge in [-0.3, -0.25) is 9.98 Å². The van der Waals surface area contributed by atoms with E-state index in [4.69, 9.17) is 15.0 Å². The molecule has 1 radical (unpaired) electrons. The summed E-state index contributed by atoms with van der Waals surface area (Å²) in [6.45, 7) is 8.87. The van der Waals surface area contributed by atoms with Gasteiger partial charge in [-0.25, -0.2) is 4.98 Å². The molecule has 0 aliphatic heterocycles. The van der Waals surface area contributed by atoms with Crippen LogP contribution in [0.5, 0.6) is 0 Å². The number of hydrogen-bond acceptors (Lipinski definition) is 3. The number of hydrogen-bond donors (Lipinski definition) is 0. The first-order valence-corrected chi connectivity index (χ1v) is 13.0. The van der Waals surface area contributed by atoms with Crippen molar-refractivity contribution in [2.75, 3.05) is 0 Å². The molecule has 0 spiro atoms. The van der Waals surface area contributed by atoms with E-state index in [1.54, 1.807) is 0 Å². The minimum atomic E-state index is 0. The van der Waals surface area contributed by atoms with Gasteiger partial charge < -0.3 is 37.2 Å². The molecule has 0 fully saturated rings. The van der Waals surface area contributed by atoms with Gasteiger partial charge in [0.15, 0.2) is 0 Å². The molecule has 0 N–H and O–H groups in total. The van der Waals surface area contributed by atoms with Crippen LogP contribution in [0.1, 0.15) is 87.0 Å². The summed E-state index contributed by atoms with van der Waals surface area (Å²) >= 11 is 0. The first-order chi connectivity index (χ1) is 16.7. The molecule has 0 saturated carbocycles. The van der Waals surface area contributed by atoms with E-state index < -0.39 is 0 Å². The molecule has 0 saturated heterocycles. The quantitative estimate of drug-likeness (QED) is 0.233. The number of halogens is 3. The summed E-state index contributed by atoms with van der Waals surface area (Å²) in [5.41, 5.74) is 9.21. The van der Waals surface area contributed by atoms with Crippen molar-refractivity contribution in [3.8, 4) is 0 Å². The molecule has 0 aliphatic carbocycles. The Labute approximate surface area is 281 Å². The zero-order valence-electron chi connectivity index (χ0n) is 23.0. The number of benzene rings is 2. The minimum absolute atomic E-state index is 0. The fourth-order valence-corrected chi connectivity index (χ4v) is 4.38. The second kappa shape index (κ2) is 21.9. The first kappa shape index (κ1) is 39.3. The Kier molecular flexibility index (Phi) is 22.7. The zero-order valence-corrected chi connectivity index (χ0v) is 28.5. The van der Waals surface area contributed by atoms with Crippen LogP contribution in [-0.2, 0) is 25.7 Å². The van der Waals surface area contributed by atoms with Crippen LogP contribution >= 0.6 is 0 Å². The van der Waals surface area contributed by atoms with Gasteiger partial charge in [0, 0.05) is 0 Å². The van der Waals surface area contributed by atoms with Crippen LogP contribution in [0.15, 0.2) is 64.6 Å². The third-order valence-electron chi connectivity index (χ3n) is 5.93. The van der Waals surface area contributed by atoms with Crippen molar-refractivity contribution >= 4 is 23.8 Å². The summed E-state index contributed by atoms with van der Waals surface area (Å²) < 4.78 is 0. The number of para-hydroxylation sites is 2. The molecule has 7 heteroatoms. The number of aromatic nitrogens is 1. The smallest absolute Gasteiger partial charge is 1.00 e. The Hall–Kier alpha value is -0.849. The van der Waals surface area contributed by atoms with Crippen LogP contribution in [0.25, 0.3) is 0 Å². The van der Waals surface area contributed by atoms with Crippen molar-refractivity contribution in [3.05, 3.63) is 88.2 Å². The van der Waals surface area contributed by atoms with Gasteiger partial charge in [0.1, 0.15) is 0 Å². The van der Waals surface area contributed by atoms with E-state index in [2.05, 4.69) is 64.1 Å². The summed E-state index contributed by atoms with van der Waals surface area (Å²) in [6.07, 6.45) is 12.4. The largest absolute Gasteiger partial charge is 3.00 e. The molecule has 1 aromatic heterocycles. The molecule has 0 aliphatic rings. The normalized spacial score (nSPS) is 10.4. The molecule has 1 heterocycles. The predicted octanol–water partition coefficient (Wildman–Crippen LogP) is -0.595. The summed E-state index contributed by atoms with van der Waals surface area (Å²) in [5.74, 6) is 0. The van der Waals surface area contributed by atoms with Crippen LogP contribution < -0.4 is 37.2 Å². The molecule has 2 aromatic carbocycles. The van der Waals surface area contributed by atoms with Crippen molar-refractivity contribution in [1.29, 1.82) is 0 Å². The summed E-state index contributed by atoms with van der Waals surface area (Å²) in [6, 6.07) is 19.2. The van der Waals surface area contributed by atoms with Crippen molar-refractivity contribution in [2.24, 2.45) is 9.98 Å². The fourth-order valence-electron chi connectivity index (χ4n) is 4.38. The Morgan fingerprint density at radius 2 is 0.816 bits per heavy atom. The molecule has 38 heavy (non-hydrogen) atoms. The maximum atomic E-state index is 4.92. The average molecular weight is 704 g/mol. The van der Waals surface area contributed by atoms with Gasteiger partial charge in [-0.2, -0.15) is 0 Å². The maximum absolute atomic E-state index is 4.92. The SMILES string of the molecule is CCCc1cccc(CCC)c1N=Cc1cccc(C=Nc2c(CCC)cccc2CCC)n1.[Cl-].[Cl-].[Cl-].[Nd+3]. The Morgan fingerprint density at radius 3 is 1.11 bits per heavy atom. The first-order valence-electron chi connectivity index (χ1n) is 13.0. The van der Waals surface area contributed by atoms with Gasteiger partial charge in [0.25, 0.3) is 0 Å². The minimum Gasteiger partial charge on any atom is -1.00 e. The van der Waals surface area contributed by atoms with E-state index in [1.165, 1.54) is 22.3 Å². The average Bonchev–Trinajstić information content (AvgIpc) is 2.84. The molecule has 3 aromatic rings. The molecular formula is C31H39Cl3N3Nd. The number of pyridine rings is 1. The van der Waals surface area contributed by atoms with Gasteiger partial charge in [0.05, 0.1) is 35.2 Å². The number of aryl methyl sites for hydroxylation is 4. The molecule has 0 bridgehead atoms. The van der Waals surface area contributed by atoms with Crippen LogP contribution in [-0.4, -0.2) is 17.4 Å². The van der Waals surface area contributed by atoms with Crippen LogP contribution in [0.3, 0.4) is 0 Å². The van der Waals surface area contributed by atoms with E-state index in [0.717, 1.165) is 74.1 Å². The van der Waals surface area contributed by atoms with E-state index >= 15 is 0 Å². The Morgan fingerprint density at radius 1 is 0.526 bits per heavy atom. The summed E-state index contributed by atoms with van der Waals surface area (Å²) in [7, 11) is 0. The summed E-state index contributed by atoms with van der Waals surface area (Å²) in [4.78, 5) is 14.6. The second-order valence-corrected chi connectivity index (χ2v) is 8.85. The van der Waals surface area contributed by atoms with Crippen molar-refractivity contribution in [3.63, 3.8) is 0 Å². The van der Waals surface area contributed by atoms with Gasteiger partial charge in [0.2, 0.25) is 0 Å². The van der Waals surface area contributed by atoms with Crippen molar-refractivity contribution < 1.29 is 78.1 Å². The van der Waals surface area contributed by atoms with E-state index in [0.29, 0.717) is 0 Å². The third-order valence-corrected chi connectivity index (χ3v) is 5.93. The number of aliphatic imine (C=N–C) groups is 2. The standard InChI is InChI=1S/C31H39N3.3ClH.Nd/c1-5-12-24-16-9-17-25(13-6-2)30(24)32-22-28-20-11-21-29(34-28)23-33-31-26(14-7-3)18-10-19-27(31)15-8-4;;;;/h9-11,16-23H,5-8,12-15H2,1-4H3;3*1H;/q;;;;+3/p-3. The molecular weight excluding hydrogens is 665 g/mol. The molecule has 3 rings (SSSR count). The molecule has 0 atom stereocenters. The van der Waals surface area contributed by atoms with Gasteiger partial charge in [-0.05, 0) is 60.1 Å². The fraction of sp³-hybridized carbons (Fsp3) is 0.387. The molecule has 0 amide bonds. The van der Waals surface area contributed by atoms with Gasteiger partial charge in [-0.1, -0.05) is 95.8 Å². The van der Waals surface area contributed by atoms with Gasteiger partial charge in [-0.15, -0.1) is 0 Å². The van der Waals surface area contributed by atoms with Crippen LogP contribution in [0.4, 0.5) is 11.4 Å². The Balaban J connectivity index is 0. The Bertz CT molecular complexity index is 1000. The van der Waals surface area contributed by atoms with Crippen molar-refractivity contribution in [2.45, 2.75) is 79.1 Å². The summed E-state index contributed by atoms with van der Waals surface area (Å²) in [5, 5.41) is 0. The molecule has 0 unspecified atom stereocenters. The van der Waals surface area contributed by atoms with Crippen molar-refractivity contribution in [1.82, 2.24) is 4.98 Å². The van der Waals surface area contributed by atoms with E-state index in [1.807, 2.05) is 30.6 Å². The monoisotopic (exact) mass is 700 g/mol. The molecule has 3 nitrogen and oxygen atoms in total. The maximum Gasteiger partial charge on any atom is 3.00 e. The number of nitrogens with zero attached hydrogens (tertiary/aromatic N) is 3.